The summed E-state index contributed by atoms with van der Waals surface area (Å²) in [4.78, 5) is 79.2. The Labute approximate surface area is 326 Å². The van der Waals surface area contributed by atoms with Gasteiger partial charge in [-0.3, -0.25) is 28.5 Å². The first kappa shape index (κ1) is 42.2. The standard InChI is InChI=1S/C38H40FN4O13P/c1-25(34(46)50-21-9-14-32(45)52-22-26-10-5-3-6-11-26)41-42-57(49)56-29-17-15-28(16-18-29)51-24-30-33(55-37(48)53-23-27-12-7-4-8-13-27)38(2,39)35(54-30)43-20-19-31(44)40-36(43)47/h3-8,10-13,15-20,25,30,33,35,41H,9,14,21-24H2,1-2H3,(H,40,44,47)/t25-,30+,33+,35+,38+/m0/s1. The van der Waals surface area contributed by atoms with E-state index in [2.05, 4.69) is 10.3 Å². The number of halogens is 1. The van der Waals surface area contributed by atoms with Crippen molar-refractivity contribution >= 4 is 26.3 Å². The molecule has 0 bridgehead atoms. The molecule has 1 aromatic heterocycles. The molecule has 0 aliphatic carbocycles. The number of alkyl halides is 1. The maximum absolute atomic E-state index is 16.4. The van der Waals surface area contributed by atoms with Crippen LogP contribution < -0.4 is 30.8 Å². The zero-order valence-corrected chi connectivity index (χ0v) is 31.7. The van der Waals surface area contributed by atoms with Gasteiger partial charge in [-0.1, -0.05) is 60.7 Å². The minimum Gasteiger partial charge on any atom is -0.574 e. The molecule has 6 atom stereocenters. The molecule has 1 fully saturated rings. The molecular weight excluding hydrogens is 770 g/mol. The summed E-state index contributed by atoms with van der Waals surface area (Å²) in [5.41, 5.74) is -0.216. The molecule has 0 radical (unpaired) electrons. The number of aromatic nitrogens is 2. The molecule has 1 aliphatic rings. The summed E-state index contributed by atoms with van der Waals surface area (Å²) in [6.07, 6.45) is -4.34. The lowest BCUT2D eigenvalue weighted by Crippen LogP contribution is -2.46. The largest absolute Gasteiger partial charge is 0.574 e. The van der Waals surface area contributed by atoms with E-state index < -0.39 is 67.7 Å². The molecular formula is C38H40FN4O13P. The first-order valence-corrected chi connectivity index (χ1v) is 18.8. The van der Waals surface area contributed by atoms with E-state index in [9.17, 15) is 28.9 Å². The first-order valence-electron chi connectivity index (χ1n) is 17.6. The monoisotopic (exact) mass is 810 g/mol. The summed E-state index contributed by atoms with van der Waals surface area (Å²) >= 11 is 0. The summed E-state index contributed by atoms with van der Waals surface area (Å²) < 4.78 is 55.1. The Kier molecular flexibility index (Phi) is 15.0. The molecule has 17 nitrogen and oxygen atoms in total. The van der Waals surface area contributed by atoms with Gasteiger partial charge in [0.15, 0.2) is 23.8 Å². The average Bonchev–Trinajstić information content (AvgIpc) is 3.45. The SMILES string of the molecule is C[C@H](N/N=[P+](\[O-])Oc1ccc(OC[C@H]2O[C@@H](n3ccc(=O)[nH]c3=O)[C@](C)(F)[C@@H]2OC(=O)OCc2ccccc2)cc1)C(=O)OCCCC(=O)OCc1ccccc1. The molecule has 4 aromatic rings. The van der Waals surface area contributed by atoms with Crippen molar-refractivity contribution in [3.8, 4) is 11.5 Å². The van der Waals surface area contributed by atoms with Crippen molar-refractivity contribution in [3.05, 3.63) is 129 Å². The van der Waals surface area contributed by atoms with Crippen LogP contribution in [0.4, 0.5) is 9.18 Å². The summed E-state index contributed by atoms with van der Waals surface area (Å²) in [7, 11) is -2.68. The fourth-order valence-corrected chi connectivity index (χ4v) is 6.00. The van der Waals surface area contributed by atoms with Crippen LogP contribution in [-0.2, 0) is 46.5 Å². The molecule has 57 heavy (non-hydrogen) atoms. The molecule has 1 saturated heterocycles. The molecule has 19 heteroatoms. The Hall–Kier alpha value is -5.94. The number of nitrogens with one attached hydrogen (secondary N) is 2. The normalized spacial score (nSPS) is 19.6. The van der Waals surface area contributed by atoms with E-state index in [0.29, 0.717) is 5.56 Å². The van der Waals surface area contributed by atoms with Gasteiger partial charge in [-0.2, -0.15) is 5.43 Å². The number of hydrogen-bond acceptors (Lipinski definition) is 14. The third-order valence-electron chi connectivity index (χ3n) is 8.33. The minimum absolute atomic E-state index is 0.0347. The molecule has 1 unspecified atom stereocenters. The van der Waals surface area contributed by atoms with Crippen LogP contribution >= 0.6 is 8.17 Å². The van der Waals surface area contributed by atoms with Gasteiger partial charge in [0.05, 0.1) is 6.61 Å². The van der Waals surface area contributed by atoms with Gasteiger partial charge in [0.25, 0.3) is 5.56 Å². The fraction of sp³-hybridized carbons (Fsp3) is 0.342. The lowest BCUT2D eigenvalue weighted by atomic mass is 9.98. The number of nitrogens with zero attached hydrogens (tertiary/aromatic N) is 2. The number of benzene rings is 3. The average molecular weight is 811 g/mol. The molecule has 5 rings (SSSR count). The van der Waals surface area contributed by atoms with Crippen molar-refractivity contribution < 1.29 is 56.6 Å². The Balaban J connectivity index is 1.09. The third kappa shape index (κ3) is 12.5. The van der Waals surface area contributed by atoms with E-state index in [1.54, 1.807) is 30.3 Å². The smallest absolute Gasteiger partial charge is 0.509 e. The van der Waals surface area contributed by atoms with E-state index in [-0.39, 0.29) is 50.8 Å². The zero-order valence-electron chi connectivity index (χ0n) is 30.8. The van der Waals surface area contributed by atoms with Gasteiger partial charge in [-0.25, -0.2) is 14.0 Å². The maximum atomic E-state index is 16.4. The number of rotatable bonds is 18. The van der Waals surface area contributed by atoms with Gasteiger partial charge in [-0.05, 0) is 55.7 Å². The number of aromatic amines is 1. The van der Waals surface area contributed by atoms with Crippen molar-refractivity contribution in [2.75, 3.05) is 13.2 Å². The lowest BCUT2D eigenvalue weighted by Gasteiger charge is -2.27. The van der Waals surface area contributed by atoms with Crippen LogP contribution in [0.3, 0.4) is 0 Å². The van der Waals surface area contributed by atoms with E-state index >= 15 is 4.39 Å². The van der Waals surface area contributed by atoms with E-state index in [4.69, 9.17) is 32.9 Å². The molecule has 3 aromatic carbocycles. The van der Waals surface area contributed by atoms with E-state index in [1.807, 2.05) is 35.3 Å². The molecule has 2 heterocycles. The van der Waals surface area contributed by atoms with Gasteiger partial charge >= 0.3 is 32.0 Å². The lowest BCUT2D eigenvalue weighted by molar-refractivity contribution is -0.169. The second kappa shape index (κ2) is 20.3. The number of H-pyrrole nitrogens is 1. The quantitative estimate of drug-likeness (QED) is 0.0475. The Bertz CT molecular complexity index is 2100. The highest BCUT2D eigenvalue weighted by Crippen LogP contribution is 2.43. The van der Waals surface area contributed by atoms with Crippen LogP contribution in [0, 0.1) is 0 Å². The van der Waals surface area contributed by atoms with Crippen LogP contribution in [0.15, 0.2) is 112 Å². The van der Waals surface area contributed by atoms with Crippen molar-refractivity contribution in [1.29, 1.82) is 0 Å². The van der Waals surface area contributed by atoms with E-state index in [1.165, 1.54) is 31.2 Å². The number of hydrogen-bond donors (Lipinski definition) is 2. The van der Waals surface area contributed by atoms with Crippen LogP contribution in [0.1, 0.15) is 44.0 Å². The summed E-state index contributed by atoms with van der Waals surface area (Å²) in [5, 5.41) is 0. The molecule has 1 aliphatic heterocycles. The van der Waals surface area contributed by atoms with Crippen LogP contribution in [0.2, 0.25) is 0 Å². The minimum atomic E-state index is -2.68. The second-order valence-electron chi connectivity index (χ2n) is 12.7. The van der Waals surface area contributed by atoms with Gasteiger partial charge in [0.2, 0.25) is 0 Å². The summed E-state index contributed by atoms with van der Waals surface area (Å²) in [5.74, 6) is -0.760. The highest BCUT2D eigenvalue weighted by Gasteiger charge is 2.58. The highest BCUT2D eigenvalue weighted by molar-refractivity contribution is 7.33. The zero-order chi connectivity index (χ0) is 40.8. The summed E-state index contributed by atoms with van der Waals surface area (Å²) in [6.45, 7) is 2.12. The number of carbonyl (C=O) groups excluding carboxylic acids is 3. The highest BCUT2D eigenvalue weighted by atomic mass is 31.1. The van der Waals surface area contributed by atoms with Gasteiger partial charge < -0.3 is 33.3 Å². The molecule has 2 N–H and O–H groups in total. The topological polar surface area (TPSA) is 218 Å². The van der Waals surface area contributed by atoms with Crippen molar-refractivity contribution in [1.82, 2.24) is 15.0 Å². The first-order chi connectivity index (χ1) is 27.4. The Morgan fingerprint density at radius 3 is 2.23 bits per heavy atom. The van der Waals surface area contributed by atoms with Crippen LogP contribution in [0.25, 0.3) is 0 Å². The molecule has 0 saturated carbocycles. The van der Waals surface area contributed by atoms with Gasteiger partial charge in [-0.15, -0.1) is 0 Å². The third-order valence-corrected chi connectivity index (χ3v) is 8.97. The number of carbonyl (C=O) groups is 3. The second-order valence-corrected chi connectivity index (χ2v) is 13.6. The summed E-state index contributed by atoms with van der Waals surface area (Å²) in [6, 6.07) is 23.7. The molecule has 0 amide bonds. The van der Waals surface area contributed by atoms with Gasteiger partial charge in [0, 0.05) is 23.5 Å². The van der Waals surface area contributed by atoms with Crippen molar-refractivity contribution in [3.63, 3.8) is 0 Å². The van der Waals surface area contributed by atoms with Crippen molar-refractivity contribution in [2.24, 2.45) is 4.85 Å². The maximum Gasteiger partial charge on any atom is 0.509 e. The predicted octanol–water partition coefficient (Wildman–Crippen LogP) is 4.16. The Morgan fingerprint density at radius 2 is 1.58 bits per heavy atom. The van der Waals surface area contributed by atoms with Gasteiger partial charge in [0.1, 0.15) is 37.7 Å². The van der Waals surface area contributed by atoms with Crippen molar-refractivity contribution in [2.45, 2.75) is 70.0 Å². The van der Waals surface area contributed by atoms with E-state index in [0.717, 1.165) is 29.3 Å². The molecule has 302 valence electrons. The van der Waals surface area contributed by atoms with Crippen LogP contribution in [-0.4, -0.2) is 64.8 Å². The number of ether oxygens (including phenoxy) is 6. The predicted molar refractivity (Wildman–Crippen MR) is 197 cm³/mol. The van der Waals surface area contributed by atoms with Crippen LogP contribution in [0.5, 0.6) is 11.5 Å². The Morgan fingerprint density at radius 1 is 0.947 bits per heavy atom. The number of esters is 2. The molecule has 0 spiro atoms. The fourth-order valence-electron chi connectivity index (χ4n) is 5.39.